The summed E-state index contributed by atoms with van der Waals surface area (Å²) in [6.45, 7) is 1.35. The van der Waals surface area contributed by atoms with Crippen molar-refractivity contribution in [2.45, 2.75) is 18.9 Å². The van der Waals surface area contributed by atoms with Gasteiger partial charge < -0.3 is 14.5 Å². The first-order valence-corrected chi connectivity index (χ1v) is 8.47. The number of nitrogens with zero attached hydrogens (tertiary/aromatic N) is 4. The molecule has 1 aliphatic rings. The van der Waals surface area contributed by atoms with E-state index in [9.17, 15) is 4.79 Å². The molecule has 0 spiro atoms. The van der Waals surface area contributed by atoms with E-state index in [0.717, 1.165) is 23.7 Å². The van der Waals surface area contributed by atoms with Crippen LogP contribution in [0.4, 0.5) is 5.82 Å². The Labute approximate surface area is 139 Å². The van der Waals surface area contributed by atoms with Crippen molar-refractivity contribution in [3.63, 3.8) is 0 Å². The predicted octanol–water partition coefficient (Wildman–Crippen LogP) is 1.83. The molecule has 0 bridgehead atoms. The number of carbonyl (C=O) groups is 1. The third kappa shape index (κ3) is 3.98. The first-order valence-electron chi connectivity index (χ1n) is 7.59. The summed E-state index contributed by atoms with van der Waals surface area (Å²) in [7, 11) is 3.83. The van der Waals surface area contributed by atoms with Crippen LogP contribution in [0.25, 0.3) is 0 Å². The van der Waals surface area contributed by atoms with E-state index in [2.05, 4.69) is 10.2 Å². The average molecular weight is 332 g/mol. The summed E-state index contributed by atoms with van der Waals surface area (Å²) in [4.78, 5) is 17.1. The summed E-state index contributed by atoms with van der Waals surface area (Å²) in [5.74, 6) is 1.46. The maximum Gasteiger partial charge on any atom is 0.233 e. The molecule has 1 saturated heterocycles. The van der Waals surface area contributed by atoms with E-state index in [1.165, 1.54) is 0 Å². The zero-order chi connectivity index (χ0) is 16.2. The number of ether oxygens (including phenoxy) is 1. The third-order valence-electron chi connectivity index (χ3n) is 3.77. The van der Waals surface area contributed by atoms with Gasteiger partial charge in [-0.2, -0.15) is 0 Å². The number of hydrogen-bond acceptors (Lipinski definition) is 6. The van der Waals surface area contributed by atoms with Crippen LogP contribution in [0.5, 0.6) is 5.88 Å². The molecule has 7 heteroatoms. The van der Waals surface area contributed by atoms with Gasteiger partial charge in [0.1, 0.15) is 6.10 Å². The molecule has 1 aliphatic heterocycles. The molecular formula is C16H20N4O2S. The van der Waals surface area contributed by atoms with Crippen LogP contribution in [-0.2, 0) is 11.2 Å². The van der Waals surface area contributed by atoms with E-state index in [0.29, 0.717) is 18.8 Å². The molecule has 1 unspecified atom stereocenters. The van der Waals surface area contributed by atoms with Crippen molar-refractivity contribution < 1.29 is 9.53 Å². The fraction of sp³-hybridized carbons (Fsp3) is 0.438. The first kappa shape index (κ1) is 15.7. The number of anilines is 1. The molecule has 1 amide bonds. The highest BCUT2D eigenvalue weighted by Crippen LogP contribution is 2.19. The molecule has 0 saturated carbocycles. The molecular weight excluding hydrogens is 312 g/mol. The Bertz CT molecular complexity index is 643. The number of hydrogen-bond donors (Lipinski definition) is 0. The van der Waals surface area contributed by atoms with Crippen LogP contribution >= 0.6 is 11.3 Å². The SMILES string of the molecule is CN(C)c1ccc(OC2CCN(C(=O)Cc3cccs3)C2)nn1. The van der Waals surface area contributed by atoms with Gasteiger partial charge in [0.2, 0.25) is 11.8 Å². The van der Waals surface area contributed by atoms with Crippen molar-refractivity contribution in [1.29, 1.82) is 0 Å². The van der Waals surface area contributed by atoms with Crippen molar-refractivity contribution >= 4 is 23.1 Å². The van der Waals surface area contributed by atoms with Crippen LogP contribution in [0.15, 0.2) is 29.6 Å². The van der Waals surface area contributed by atoms with Crippen molar-refractivity contribution in [2.75, 3.05) is 32.1 Å². The summed E-state index contributed by atoms with van der Waals surface area (Å²) in [5.41, 5.74) is 0. The molecule has 3 rings (SSSR count). The summed E-state index contributed by atoms with van der Waals surface area (Å²) in [6.07, 6.45) is 1.29. The zero-order valence-electron chi connectivity index (χ0n) is 13.3. The van der Waals surface area contributed by atoms with Crippen LogP contribution in [0.3, 0.4) is 0 Å². The van der Waals surface area contributed by atoms with Crippen LogP contribution in [0, 0.1) is 0 Å². The van der Waals surface area contributed by atoms with Gasteiger partial charge in [-0.15, -0.1) is 21.5 Å². The van der Waals surface area contributed by atoms with E-state index in [-0.39, 0.29) is 12.0 Å². The Kier molecular flexibility index (Phi) is 4.76. The van der Waals surface area contributed by atoms with Gasteiger partial charge in [-0.1, -0.05) is 6.07 Å². The Hall–Kier alpha value is -2.15. The Balaban J connectivity index is 1.52. The van der Waals surface area contributed by atoms with Crippen LogP contribution in [-0.4, -0.2) is 54.3 Å². The fourth-order valence-electron chi connectivity index (χ4n) is 2.51. The number of amides is 1. The molecule has 0 aromatic carbocycles. The van der Waals surface area contributed by atoms with Crippen LogP contribution < -0.4 is 9.64 Å². The average Bonchev–Trinajstić information content (AvgIpc) is 3.19. The van der Waals surface area contributed by atoms with Gasteiger partial charge in [0.25, 0.3) is 0 Å². The lowest BCUT2D eigenvalue weighted by Crippen LogP contribution is -2.32. The highest BCUT2D eigenvalue weighted by molar-refractivity contribution is 7.10. The standard InChI is InChI=1S/C16H20N4O2S/c1-19(2)14-5-6-15(18-17-14)22-12-7-8-20(11-12)16(21)10-13-4-3-9-23-13/h3-6,9,12H,7-8,10-11H2,1-2H3. The highest BCUT2D eigenvalue weighted by Gasteiger charge is 2.28. The second-order valence-electron chi connectivity index (χ2n) is 5.75. The maximum absolute atomic E-state index is 12.3. The molecule has 0 aliphatic carbocycles. The summed E-state index contributed by atoms with van der Waals surface area (Å²) in [5, 5.41) is 10.2. The van der Waals surface area contributed by atoms with Gasteiger partial charge in [0, 0.05) is 38.0 Å². The van der Waals surface area contributed by atoms with Gasteiger partial charge in [-0.25, -0.2) is 0 Å². The van der Waals surface area contributed by atoms with E-state index in [1.54, 1.807) is 11.3 Å². The quantitative estimate of drug-likeness (QED) is 0.836. The van der Waals surface area contributed by atoms with Crippen LogP contribution in [0.1, 0.15) is 11.3 Å². The van der Waals surface area contributed by atoms with Gasteiger partial charge in [0.15, 0.2) is 5.82 Å². The van der Waals surface area contributed by atoms with Crippen molar-refractivity contribution in [1.82, 2.24) is 15.1 Å². The molecule has 1 atom stereocenters. The number of likely N-dealkylation sites (tertiary alicyclic amines) is 1. The third-order valence-corrected chi connectivity index (χ3v) is 4.65. The minimum atomic E-state index is -0.0122. The second-order valence-corrected chi connectivity index (χ2v) is 6.78. The molecule has 1 fully saturated rings. The summed E-state index contributed by atoms with van der Waals surface area (Å²) >= 11 is 1.62. The Morgan fingerprint density at radius 3 is 2.91 bits per heavy atom. The normalized spacial score (nSPS) is 17.3. The Morgan fingerprint density at radius 1 is 1.39 bits per heavy atom. The highest BCUT2D eigenvalue weighted by atomic mass is 32.1. The molecule has 2 aromatic rings. The predicted molar refractivity (Wildman–Crippen MR) is 90.0 cm³/mol. The fourth-order valence-corrected chi connectivity index (χ4v) is 3.21. The molecule has 3 heterocycles. The lowest BCUT2D eigenvalue weighted by molar-refractivity contribution is -0.129. The maximum atomic E-state index is 12.3. The van der Waals surface area contributed by atoms with E-state index < -0.39 is 0 Å². The van der Waals surface area contributed by atoms with Gasteiger partial charge in [0.05, 0.1) is 13.0 Å². The molecule has 2 aromatic heterocycles. The van der Waals surface area contributed by atoms with Gasteiger partial charge >= 0.3 is 0 Å². The first-order chi connectivity index (χ1) is 11.1. The number of aromatic nitrogens is 2. The van der Waals surface area contributed by atoms with Crippen LogP contribution in [0.2, 0.25) is 0 Å². The molecule has 0 radical (unpaired) electrons. The topological polar surface area (TPSA) is 58.6 Å². The number of carbonyl (C=O) groups excluding carboxylic acids is 1. The monoisotopic (exact) mass is 332 g/mol. The lowest BCUT2D eigenvalue weighted by atomic mass is 10.3. The van der Waals surface area contributed by atoms with E-state index in [1.807, 2.05) is 53.5 Å². The summed E-state index contributed by atoms with van der Waals surface area (Å²) in [6, 6.07) is 7.66. The molecule has 23 heavy (non-hydrogen) atoms. The van der Waals surface area contributed by atoms with E-state index in [4.69, 9.17) is 4.74 Å². The van der Waals surface area contributed by atoms with Crippen molar-refractivity contribution in [3.05, 3.63) is 34.5 Å². The summed E-state index contributed by atoms with van der Waals surface area (Å²) < 4.78 is 5.84. The Morgan fingerprint density at radius 2 is 2.26 bits per heavy atom. The zero-order valence-corrected chi connectivity index (χ0v) is 14.1. The molecule has 0 N–H and O–H groups in total. The molecule has 122 valence electrons. The van der Waals surface area contributed by atoms with Crippen molar-refractivity contribution in [2.24, 2.45) is 0 Å². The number of rotatable bonds is 5. The minimum absolute atomic E-state index is 0.0122. The smallest absolute Gasteiger partial charge is 0.233 e. The van der Waals surface area contributed by atoms with Gasteiger partial charge in [-0.05, 0) is 17.5 Å². The van der Waals surface area contributed by atoms with Crippen molar-refractivity contribution in [3.8, 4) is 5.88 Å². The molecule has 6 nitrogen and oxygen atoms in total. The largest absolute Gasteiger partial charge is 0.471 e. The van der Waals surface area contributed by atoms with Gasteiger partial charge in [-0.3, -0.25) is 4.79 Å². The minimum Gasteiger partial charge on any atom is -0.471 e. The lowest BCUT2D eigenvalue weighted by Gasteiger charge is -2.17. The van der Waals surface area contributed by atoms with E-state index >= 15 is 0 Å². The number of thiophene rings is 1. The second kappa shape index (κ2) is 6.95.